The maximum absolute atomic E-state index is 10.7. The Balaban J connectivity index is 4.82. The number of hydrogen-bond acceptors (Lipinski definition) is 2. The Morgan fingerprint density at radius 2 is 1.64 bits per heavy atom. The Labute approximate surface area is 83.8 Å². The second-order valence-corrected chi connectivity index (χ2v) is 4.00. The molecule has 14 heavy (non-hydrogen) atoms. The first kappa shape index (κ1) is 13.3. The molecule has 0 aliphatic heterocycles. The molecule has 80 valence electrons. The van der Waals surface area contributed by atoms with E-state index in [9.17, 15) is 4.57 Å². The Hall–Kier alpha value is -0.670. The summed E-state index contributed by atoms with van der Waals surface area (Å²) in [6.45, 7) is 10.5. The molecule has 0 unspecified atom stereocenters. The van der Waals surface area contributed by atoms with Gasteiger partial charge in [-0.05, 0) is 12.8 Å². The first-order chi connectivity index (χ1) is 6.39. The van der Waals surface area contributed by atoms with Gasteiger partial charge in [-0.25, -0.2) is 4.57 Å². The van der Waals surface area contributed by atoms with E-state index in [4.69, 9.17) is 9.79 Å². The van der Waals surface area contributed by atoms with Gasteiger partial charge in [-0.15, -0.1) is 19.7 Å². The minimum atomic E-state index is -4.53. The van der Waals surface area contributed by atoms with Crippen LogP contribution in [0.15, 0.2) is 38.0 Å². The molecule has 0 rings (SSSR count). The first-order valence-electron chi connectivity index (χ1n) is 4.01. The van der Waals surface area contributed by atoms with Crippen LogP contribution in [-0.2, 0) is 9.09 Å². The third kappa shape index (κ3) is 4.53. The van der Waals surface area contributed by atoms with E-state index in [1.165, 1.54) is 18.2 Å². The van der Waals surface area contributed by atoms with Crippen LogP contribution in [0.3, 0.4) is 0 Å². The molecule has 0 fully saturated rings. The summed E-state index contributed by atoms with van der Waals surface area (Å²) in [7, 11) is -4.53. The van der Waals surface area contributed by atoms with Crippen molar-refractivity contribution in [2.75, 3.05) is 0 Å². The van der Waals surface area contributed by atoms with Gasteiger partial charge in [-0.2, -0.15) is 0 Å². The van der Waals surface area contributed by atoms with E-state index in [1.54, 1.807) is 0 Å². The molecular formula is C9H15O4P. The average molecular weight is 218 g/mol. The van der Waals surface area contributed by atoms with E-state index >= 15 is 0 Å². The van der Waals surface area contributed by atoms with E-state index in [0.29, 0.717) is 0 Å². The van der Waals surface area contributed by atoms with Crippen LogP contribution < -0.4 is 0 Å². The van der Waals surface area contributed by atoms with Gasteiger partial charge in [0.15, 0.2) is 0 Å². The van der Waals surface area contributed by atoms with Crippen LogP contribution in [0.25, 0.3) is 0 Å². The lowest BCUT2D eigenvalue weighted by molar-refractivity contribution is 0.0786. The summed E-state index contributed by atoms with van der Waals surface area (Å²) in [5, 5.41) is 0. The number of hydrogen-bond donors (Lipinski definition) is 2. The summed E-state index contributed by atoms with van der Waals surface area (Å²) in [6, 6.07) is 0. The maximum Gasteiger partial charge on any atom is 0.470 e. The predicted molar refractivity (Wildman–Crippen MR) is 55.7 cm³/mol. The molecule has 0 aromatic carbocycles. The fraction of sp³-hybridized carbons (Fsp3) is 0.333. The van der Waals surface area contributed by atoms with Crippen molar-refractivity contribution in [1.82, 2.24) is 0 Å². The summed E-state index contributed by atoms with van der Waals surface area (Å²) in [5.41, 5.74) is -1.11. The van der Waals surface area contributed by atoms with Crippen molar-refractivity contribution in [3.05, 3.63) is 38.0 Å². The Bertz CT molecular complexity index is 256. The summed E-state index contributed by atoms with van der Waals surface area (Å²) in [4.78, 5) is 17.4. The molecule has 0 aromatic heterocycles. The van der Waals surface area contributed by atoms with Gasteiger partial charge in [-0.1, -0.05) is 18.2 Å². The van der Waals surface area contributed by atoms with Crippen LogP contribution in [0.1, 0.15) is 12.8 Å². The highest BCUT2D eigenvalue weighted by Gasteiger charge is 2.32. The van der Waals surface area contributed by atoms with Crippen LogP contribution in [-0.4, -0.2) is 15.4 Å². The van der Waals surface area contributed by atoms with Gasteiger partial charge in [0, 0.05) is 0 Å². The van der Waals surface area contributed by atoms with Crippen LogP contribution in [0, 0.1) is 0 Å². The van der Waals surface area contributed by atoms with E-state index in [1.807, 2.05) is 0 Å². The zero-order chi connectivity index (χ0) is 11.2. The SMILES string of the molecule is C=CCC(C=C)(CC=C)OP(=O)(O)O. The summed E-state index contributed by atoms with van der Waals surface area (Å²) in [6.07, 6.45) is 4.93. The van der Waals surface area contributed by atoms with Crippen molar-refractivity contribution in [3.63, 3.8) is 0 Å². The van der Waals surface area contributed by atoms with Crippen LogP contribution in [0.4, 0.5) is 0 Å². The van der Waals surface area contributed by atoms with Crippen molar-refractivity contribution in [2.24, 2.45) is 0 Å². The Morgan fingerprint density at radius 1 is 1.21 bits per heavy atom. The van der Waals surface area contributed by atoms with Gasteiger partial charge in [0.05, 0.1) is 0 Å². The molecule has 0 spiro atoms. The van der Waals surface area contributed by atoms with Crippen molar-refractivity contribution < 1.29 is 18.9 Å². The minimum Gasteiger partial charge on any atom is -0.303 e. The Morgan fingerprint density at radius 3 is 1.86 bits per heavy atom. The first-order valence-corrected chi connectivity index (χ1v) is 5.54. The van der Waals surface area contributed by atoms with Gasteiger partial charge < -0.3 is 9.79 Å². The lowest BCUT2D eigenvalue weighted by Crippen LogP contribution is -2.27. The fourth-order valence-corrected chi connectivity index (χ4v) is 1.78. The minimum absolute atomic E-state index is 0.271. The second-order valence-electron chi connectivity index (χ2n) is 2.84. The van der Waals surface area contributed by atoms with E-state index in [-0.39, 0.29) is 12.8 Å². The third-order valence-electron chi connectivity index (χ3n) is 1.65. The molecule has 0 amide bonds. The third-order valence-corrected chi connectivity index (χ3v) is 2.25. The molecule has 2 N–H and O–H groups in total. The maximum atomic E-state index is 10.7. The summed E-state index contributed by atoms with van der Waals surface area (Å²) in [5.74, 6) is 0. The molecule has 0 aliphatic carbocycles. The highest BCUT2D eigenvalue weighted by molar-refractivity contribution is 7.46. The number of rotatable bonds is 7. The smallest absolute Gasteiger partial charge is 0.303 e. The molecule has 0 atom stereocenters. The monoisotopic (exact) mass is 218 g/mol. The van der Waals surface area contributed by atoms with Crippen LogP contribution in [0.2, 0.25) is 0 Å². The van der Waals surface area contributed by atoms with E-state index in [0.717, 1.165) is 0 Å². The second kappa shape index (κ2) is 5.27. The summed E-state index contributed by atoms with van der Waals surface area (Å²) >= 11 is 0. The molecular weight excluding hydrogens is 203 g/mol. The predicted octanol–water partition coefficient (Wildman–Crippen LogP) is 2.17. The lowest BCUT2D eigenvalue weighted by Gasteiger charge is -2.28. The van der Waals surface area contributed by atoms with Crippen molar-refractivity contribution >= 4 is 7.82 Å². The van der Waals surface area contributed by atoms with Crippen LogP contribution >= 0.6 is 7.82 Å². The molecule has 4 nitrogen and oxygen atoms in total. The van der Waals surface area contributed by atoms with Gasteiger partial charge in [0.2, 0.25) is 0 Å². The average Bonchev–Trinajstić information content (AvgIpc) is 2.02. The molecule has 0 bridgehead atoms. The molecule has 0 heterocycles. The molecule has 0 aliphatic rings. The van der Waals surface area contributed by atoms with Gasteiger partial charge in [0.1, 0.15) is 5.60 Å². The van der Waals surface area contributed by atoms with Crippen molar-refractivity contribution in [3.8, 4) is 0 Å². The van der Waals surface area contributed by atoms with Gasteiger partial charge in [0.25, 0.3) is 0 Å². The molecule has 0 radical (unpaired) electrons. The fourth-order valence-electron chi connectivity index (χ4n) is 1.09. The quantitative estimate of drug-likeness (QED) is 0.507. The zero-order valence-corrected chi connectivity index (χ0v) is 8.82. The highest BCUT2D eigenvalue weighted by atomic mass is 31.2. The van der Waals surface area contributed by atoms with Gasteiger partial charge in [-0.3, -0.25) is 4.52 Å². The van der Waals surface area contributed by atoms with Crippen molar-refractivity contribution in [2.45, 2.75) is 18.4 Å². The normalized spacial score (nSPS) is 12.1. The standard InChI is InChI=1S/C9H15O4P/c1-4-7-9(6-3,8-5-2)13-14(10,11)12/h4-6H,1-3,7-8H2,(H2,10,11,12). The topological polar surface area (TPSA) is 66.8 Å². The summed E-state index contributed by atoms with van der Waals surface area (Å²) < 4.78 is 15.4. The van der Waals surface area contributed by atoms with Crippen LogP contribution in [0.5, 0.6) is 0 Å². The Kier molecular flexibility index (Phi) is 5.02. The van der Waals surface area contributed by atoms with Gasteiger partial charge >= 0.3 is 7.82 Å². The largest absolute Gasteiger partial charge is 0.470 e. The zero-order valence-electron chi connectivity index (χ0n) is 7.93. The lowest BCUT2D eigenvalue weighted by atomic mass is 9.96. The molecule has 0 saturated heterocycles. The molecule has 0 aromatic rings. The van der Waals surface area contributed by atoms with Crippen molar-refractivity contribution in [1.29, 1.82) is 0 Å². The van der Waals surface area contributed by atoms with E-state index < -0.39 is 13.4 Å². The number of phosphoric ester groups is 1. The number of phosphoric acid groups is 1. The highest BCUT2D eigenvalue weighted by Crippen LogP contribution is 2.44. The molecule has 0 saturated carbocycles. The van der Waals surface area contributed by atoms with E-state index in [2.05, 4.69) is 24.3 Å². The molecule has 5 heteroatoms.